The van der Waals surface area contributed by atoms with Gasteiger partial charge in [0.05, 0.1) is 25.4 Å². The number of ether oxygens (including phenoxy) is 1. The molecule has 7 heteroatoms. The molecule has 0 spiro atoms. The van der Waals surface area contributed by atoms with E-state index >= 15 is 0 Å². The van der Waals surface area contributed by atoms with Gasteiger partial charge in [-0.3, -0.25) is 13.9 Å². The molecule has 0 saturated heterocycles. The van der Waals surface area contributed by atoms with Crippen LogP contribution in [-0.2, 0) is 16.1 Å². The second-order valence-electron chi connectivity index (χ2n) is 4.22. The summed E-state index contributed by atoms with van der Waals surface area (Å²) in [6, 6.07) is 0. The maximum absolute atomic E-state index is 13.5. The van der Waals surface area contributed by atoms with Crippen LogP contribution >= 0.6 is 0 Å². The molecule has 0 aliphatic rings. The number of hydrogen-bond donors (Lipinski definition) is 0. The Morgan fingerprint density at radius 3 is 2.84 bits per heavy atom. The topological polar surface area (TPSA) is 74.3 Å². The van der Waals surface area contributed by atoms with Crippen LogP contribution in [0.3, 0.4) is 0 Å². The van der Waals surface area contributed by atoms with Crippen LogP contribution in [-0.4, -0.2) is 22.8 Å². The minimum atomic E-state index is -0.621. The summed E-state index contributed by atoms with van der Waals surface area (Å²) in [5.41, 5.74) is 0. The Kier molecular flexibility index (Phi) is 5.47. The normalized spacial score (nSPS) is 13.4. The first-order valence-corrected chi connectivity index (χ1v) is 5.91. The Bertz CT molecular complexity index is 518. The van der Waals surface area contributed by atoms with Gasteiger partial charge in [0.2, 0.25) is 0 Å². The molecule has 0 radical (unpaired) electrons. The van der Waals surface area contributed by atoms with Crippen LogP contribution in [0.2, 0.25) is 0 Å². The molecule has 6 nitrogen and oxygen atoms in total. The Morgan fingerprint density at radius 1 is 1.63 bits per heavy atom. The molecular weight excluding hydrogens is 255 g/mol. The van der Waals surface area contributed by atoms with E-state index in [0.29, 0.717) is 12.2 Å². The number of aromatic nitrogens is 2. The molecule has 0 aromatic carbocycles. The Labute approximate surface area is 109 Å². The monoisotopic (exact) mass is 272 g/mol. The Balaban J connectivity index is 2.50. The molecular formula is C12H17FN2O4. The summed E-state index contributed by atoms with van der Waals surface area (Å²) in [5, 5.41) is 3.47. The number of methoxy groups -OCH3 is 1. The predicted molar refractivity (Wildman–Crippen MR) is 65.1 cm³/mol. The third-order valence-corrected chi connectivity index (χ3v) is 2.78. The fraction of sp³-hybridized carbons (Fsp3) is 0.583. The van der Waals surface area contributed by atoms with Gasteiger partial charge in [-0.1, -0.05) is 12.1 Å². The molecule has 106 valence electrons. The van der Waals surface area contributed by atoms with E-state index in [-0.39, 0.29) is 30.7 Å². The number of halogens is 1. The van der Waals surface area contributed by atoms with Gasteiger partial charge in [-0.2, -0.15) is 0 Å². The van der Waals surface area contributed by atoms with Crippen LogP contribution in [0.1, 0.15) is 25.6 Å². The van der Waals surface area contributed by atoms with E-state index in [1.165, 1.54) is 17.8 Å². The number of carbonyl (C=O) groups excluding carboxylic acids is 1. The molecule has 1 rings (SSSR count). The van der Waals surface area contributed by atoms with Crippen molar-refractivity contribution in [1.82, 2.24) is 9.72 Å². The maximum Gasteiger partial charge on any atom is 0.441 e. The summed E-state index contributed by atoms with van der Waals surface area (Å²) in [6.07, 6.45) is 1.75. The lowest BCUT2D eigenvalue weighted by molar-refractivity contribution is -0.145. The molecule has 0 bridgehead atoms. The molecule has 0 aliphatic carbocycles. The number of aryl methyl sites for hydroxylation is 1. The molecule has 1 atom stereocenters. The van der Waals surface area contributed by atoms with E-state index in [9.17, 15) is 14.0 Å². The molecule has 1 unspecified atom stereocenters. The lowest BCUT2D eigenvalue weighted by atomic mass is 10.1. The number of carbonyl (C=O) groups is 1. The van der Waals surface area contributed by atoms with Crippen LogP contribution in [0.5, 0.6) is 0 Å². The van der Waals surface area contributed by atoms with E-state index < -0.39 is 5.76 Å². The fourth-order valence-electron chi connectivity index (χ4n) is 1.51. The summed E-state index contributed by atoms with van der Waals surface area (Å²) in [5.74, 6) is -1.34. The summed E-state index contributed by atoms with van der Waals surface area (Å²) in [7, 11) is 1.30. The van der Waals surface area contributed by atoms with Gasteiger partial charge >= 0.3 is 11.7 Å². The van der Waals surface area contributed by atoms with Crippen LogP contribution in [0, 0.1) is 12.8 Å². The standard InChI is InChI=1S/C12H17FN2O4/c1-8(11(16)18-3)4-5-10(13)6-7-15-9(2)14-19-12(15)17/h6,8H,4-5,7H2,1-3H3. The van der Waals surface area contributed by atoms with Crippen molar-refractivity contribution in [3.63, 3.8) is 0 Å². The highest BCUT2D eigenvalue weighted by molar-refractivity contribution is 5.71. The summed E-state index contributed by atoms with van der Waals surface area (Å²) < 4.78 is 23.7. The molecule has 1 aromatic rings. The zero-order valence-corrected chi connectivity index (χ0v) is 11.2. The van der Waals surface area contributed by atoms with Crippen molar-refractivity contribution >= 4 is 5.97 Å². The maximum atomic E-state index is 13.5. The average Bonchev–Trinajstić information content (AvgIpc) is 2.72. The SMILES string of the molecule is COC(=O)C(C)CCC(F)=CCn1c(C)noc1=O. The quantitative estimate of drug-likeness (QED) is 0.735. The highest BCUT2D eigenvalue weighted by Gasteiger charge is 2.13. The lowest BCUT2D eigenvalue weighted by Crippen LogP contribution is -2.15. The first kappa shape index (κ1) is 15.1. The van der Waals surface area contributed by atoms with Gasteiger partial charge in [0, 0.05) is 0 Å². The zero-order valence-electron chi connectivity index (χ0n) is 11.2. The van der Waals surface area contributed by atoms with Gasteiger partial charge in [-0.25, -0.2) is 9.18 Å². The smallest absolute Gasteiger partial charge is 0.441 e. The molecule has 0 saturated carbocycles. The highest BCUT2D eigenvalue weighted by atomic mass is 19.1. The van der Waals surface area contributed by atoms with Crippen molar-refractivity contribution in [3.05, 3.63) is 28.3 Å². The van der Waals surface area contributed by atoms with Crippen molar-refractivity contribution < 1.29 is 18.4 Å². The van der Waals surface area contributed by atoms with E-state index in [4.69, 9.17) is 0 Å². The zero-order chi connectivity index (χ0) is 14.4. The van der Waals surface area contributed by atoms with Crippen LogP contribution in [0.15, 0.2) is 21.2 Å². The molecule has 0 amide bonds. The van der Waals surface area contributed by atoms with E-state index in [1.54, 1.807) is 13.8 Å². The number of allylic oxidation sites excluding steroid dienone is 2. The van der Waals surface area contributed by atoms with Crippen molar-refractivity contribution in [2.45, 2.75) is 33.2 Å². The second kappa shape index (κ2) is 6.86. The van der Waals surface area contributed by atoms with E-state index in [2.05, 4.69) is 14.4 Å². The van der Waals surface area contributed by atoms with Crippen LogP contribution < -0.4 is 5.76 Å². The van der Waals surface area contributed by atoms with Gasteiger partial charge in [0.25, 0.3) is 0 Å². The number of esters is 1. The molecule has 0 aliphatic heterocycles. The number of nitrogens with zero attached hydrogens (tertiary/aromatic N) is 2. The molecule has 19 heavy (non-hydrogen) atoms. The van der Waals surface area contributed by atoms with Crippen LogP contribution in [0.4, 0.5) is 4.39 Å². The van der Waals surface area contributed by atoms with Gasteiger partial charge in [0.15, 0.2) is 5.82 Å². The van der Waals surface area contributed by atoms with Crippen molar-refractivity contribution in [3.8, 4) is 0 Å². The predicted octanol–water partition coefficient (Wildman–Crippen LogP) is 1.59. The third kappa shape index (κ3) is 4.35. The largest absolute Gasteiger partial charge is 0.469 e. The van der Waals surface area contributed by atoms with Gasteiger partial charge in [-0.15, -0.1) is 0 Å². The van der Waals surface area contributed by atoms with Gasteiger partial charge in [0.1, 0.15) is 0 Å². The highest BCUT2D eigenvalue weighted by Crippen LogP contribution is 2.14. The number of hydrogen-bond acceptors (Lipinski definition) is 5. The summed E-state index contributed by atoms with van der Waals surface area (Å²) in [6.45, 7) is 3.33. The molecule has 0 fully saturated rings. The minimum absolute atomic E-state index is 0.0621. The Morgan fingerprint density at radius 2 is 2.32 bits per heavy atom. The first-order chi connectivity index (χ1) is 8.95. The lowest BCUT2D eigenvalue weighted by Gasteiger charge is -2.07. The average molecular weight is 272 g/mol. The third-order valence-electron chi connectivity index (χ3n) is 2.78. The van der Waals surface area contributed by atoms with Crippen molar-refractivity contribution in [1.29, 1.82) is 0 Å². The van der Waals surface area contributed by atoms with Crippen molar-refractivity contribution in [2.24, 2.45) is 5.92 Å². The van der Waals surface area contributed by atoms with Gasteiger partial charge in [-0.05, 0) is 25.8 Å². The summed E-state index contributed by atoms with van der Waals surface area (Å²) >= 11 is 0. The molecule has 1 heterocycles. The molecule has 0 N–H and O–H groups in total. The number of rotatable bonds is 6. The van der Waals surface area contributed by atoms with E-state index in [1.807, 2.05) is 0 Å². The van der Waals surface area contributed by atoms with E-state index in [0.717, 1.165) is 0 Å². The van der Waals surface area contributed by atoms with Gasteiger partial charge < -0.3 is 4.74 Å². The molecule has 1 aromatic heterocycles. The van der Waals surface area contributed by atoms with Crippen molar-refractivity contribution in [2.75, 3.05) is 7.11 Å². The summed E-state index contributed by atoms with van der Waals surface area (Å²) in [4.78, 5) is 22.3. The fourth-order valence-corrected chi connectivity index (χ4v) is 1.51. The Hall–Kier alpha value is -1.92. The second-order valence-corrected chi connectivity index (χ2v) is 4.22. The first-order valence-electron chi connectivity index (χ1n) is 5.91. The van der Waals surface area contributed by atoms with Crippen LogP contribution in [0.25, 0.3) is 0 Å². The minimum Gasteiger partial charge on any atom is -0.469 e.